The molecule has 0 radical (unpaired) electrons. The number of para-hydroxylation sites is 1. The SMILES string of the molecule is O=C(O)C(F)(F)C/C(=N/O)c1ccc2c(c1)[nH]c1ccccc12. The fraction of sp³-hybridized carbons (Fsp3) is 0.125. The molecule has 1 aromatic heterocycles. The molecular formula is C16H12F2N2O3. The third-order valence-corrected chi connectivity index (χ3v) is 3.66. The van der Waals surface area contributed by atoms with Crippen LogP contribution in [0.15, 0.2) is 47.6 Å². The van der Waals surface area contributed by atoms with Gasteiger partial charge in [-0.05, 0) is 12.1 Å². The Morgan fingerprint density at radius 3 is 2.52 bits per heavy atom. The molecule has 118 valence electrons. The molecule has 0 spiro atoms. The topological polar surface area (TPSA) is 85.7 Å². The maximum absolute atomic E-state index is 13.4. The van der Waals surface area contributed by atoms with Gasteiger partial charge in [0.05, 0.1) is 12.1 Å². The number of hydrogen-bond donors (Lipinski definition) is 3. The first-order valence-electron chi connectivity index (χ1n) is 6.75. The summed E-state index contributed by atoms with van der Waals surface area (Å²) >= 11 is 0. The van der Waals surface area contributed by atoms with Crippen molar-refractivity contribution >= 4 is 33.5 Å². The Morgan fingerprint density at radius 2 is 1.83 bits per heavy atom. The highest BCUT2D eigenvalue weighted by atomic mass is 19.3. The quantitative estimate of drug-likeness (QED) is 0.390. The number of H-pyrrole nitrogens is 1. The molecule has 0 saturated carbocycles. The number of alkyl halides is 2. The number of rotatable bonds is 4. The molecule has 0 saturated heterocycles. The molecule has 0 aliphatic rings. The van der Waals surface area contributed by atoms with Crippen LogP contribution in [0.2, 0.25) is 0 Å². The van der Waals surface area contributed by atoms with Crippen molar-refractivity contribution < 1.29 is 23.9 Å². The minimum absolute atomic E-state index is 0.229. The Bertz CT molecular complexity index is 931. The van der Waals surface area contributed by atoms with Crippen LogP contribution in [-0.4, -0.2) is 32.9 Å². The van der Waals surface area contributed by atoms with Crippen LogP contribution in [0.4, 0.5) is 8.78 Å². The van der Waals surface area contributed by atoms with Gasteiger partial charge >= 0.3 is 11.9 Å². The molecule has 1 heterocycles. The number of aliphatic carboxylic acids is 1. The summed E-state index contributed by atoms with van der Waals surface area (Å²) in [7, 11) is 0. The highest BCUT2D eigenvalue weighted by Gasteiger charge is 2.40. The Balaban J connectivity index is 2.05. The lowest BCUT2D eigenvalue weighted by molar-refractivity contribution is -0.163. The first-order valence-corrected chi connectivity index (χ1v) is 6.75. The number of fused-ring (bicyclic) bond motifs is 3. The highest BCUT2D eigenvalue weighted by Crippen LogP contribution is 2.28. The summed E-state index contributed by atoms with van der Waals surface area (Å²) in [5.41, 5.74) is 1.41. The van der Waals surface area contributed by atoms with Crippen LogP contribution in [-0.2, 0) is 4.79 Å². The number of aromatic amines is 1. The van der Waals surface area contributed by atoms with Gasteiger partial charge < -0.3 is 15.3 Å². The van der Waals surface area contributed by atoms with Crippen LogP contribution in [0.1, 0.15) is 12.0 Å². The van der Waals surface area contributed by atoms with Gasteiger partial charge in [-0.1, -0.05) is 35.5 Å². The molecule has 3 rings (SSSR count). The minimum Gasteiger partial charge on any atom is -0.477 e. The summed E-state index contributed by atoms with van der Waals surface area (Å²) in [4.78, 5) is 13.7. The van der Waals surface area contributed by atoms with E-state index in [4.69, 9.17) is 10.3 Å². The average molecular weight is 318 g/mol. The third-order valence-electron chi connectivity index (χ3n) is 3.66. The maximum Gasteiger partial charge on any atom is 0.374 e. The van der Waals surface area contributed by atoms with Crippen molar-refractivity contribution in [1.82, 2.24) is 4.98 Å². The smallest absolute Gasteiger partial charge is 0.374 e. The molecule has 3 N–H and O–H groups in total. The van der Waals surface area contributed by atoms with E-state index >= 15 is 0 Å². The fourth-order valence-corrected chi connectivity index (χ4v) is 2.52. The lowest BCUT2D eigenvalue weighted by atomic mass is 10.0. The van der Waals surface area contributed by atoms with Crippen molar-refractivity contribution in [2.45, 2.75) is 12.3 Å². The van der Waals surface area contributed by atoms with E-state index in [-0.39, 0.29) is 5.56 Å². The Hall–Kier alpha value is -2.96. The van der Waals surface area contributed by atoms with E-state index in [2.05, 4.69) is 10.1 Å². The highest BCUT2D eigenvalue weighted by molar-refractivity contribution is 6.11. The van der Waals surface area contributed by atoms with Gasteiger partial charge in [0.15, 0.2) is 0 Å². The summed E-state index contributed by atoms with van der Waals surface area (Å²) < 4.78 is 26.7. The van der Waals surface area contributed by atoms with Crippen LogP contribution in [0, 0.1) is 0 Å². The predicted octanol–water partition coefficient (Wildman–Crippen LogP) is 3.61. The molecule has 0 unspecified atom stereocenters. The van der Waals surface area contributed by atoms with E-state index in [1.165, 1.54) is 6.07 Å². The number of hydrogen-bond acceptors (Lipinski definition) is 3. The number of carboxylic acids is 1. The second-order valence-corrected chi connectivity index (χ2v) is 5.16. The normalized spacial score (nSPS) is 12.9. The zero-order chi connectivity index (χ0) is 16.6. The van der Waals surface area contributed by atoms with Gasteiger partial charge in [0.1, 0.15) is 0 Å². The first kappa shape index (κ1) is 15.0. The number of aromatic nitrogens is 1. The van der Waals surface area contributed by atoms with Gasteiger partial charge in [0.25, 0.3) is 0 Å². The summed E-state index contributed by atoms with van der Waals surface area (Å²) in [6.45, 7) is 0. The van der Waals surface area contributed by atoms with E-state index in [0.717, 1.165) is 16.3 Å². The van der Waals surface area contributed by atoms with Crippen molar-refractivity contribution in [3.63, 3.8) is 0 Å². The summed E-state index contributed by atoms with van der Waals surface area (Å²) in [6.07, 6.45) is -1.19. The molecule has 0 bridgehead atoms. The van der Waals surface area contributed by atoms with E-state index < -0.39 is 24.0 Å². The molecular weight excluding hydrogens is 306 g/mol. The van der Waals surface area contributed by atoms with Gasteiger partial charge in [-0.25, -0.2) is 4.79 Å². The summed E-state index contributed by atoms with van der Waals surface area (Å²) in [5, 5.41) is 22.2. The molecule has 0 aliphatic carbocycles. The molecule has 0 amide bonds. The molecule has 3 aromatic rings. The van der Waals surface area contributed by atoms with Gasteiger partial charge in [-0.2, -0.15) is 8.78 Å². The molecule has 0 aliphatic heterocycles. The number of nitrogens with zero attached hydrogens (tertiary/aromatic N) is 1. The summed E-state index contributed by atoms with van der Waals surface area (Å²) in [6, 6.07) is 12.4. The number of carbonyl (C=O) groups is 1. The van der Waals surface area contributed by atoms with Crippen molar-refractivity contribution in [3.05, 3.63) is 48.0 Å². The third kappa shape index (κ3) is 2.61. The van der Waals surface area contributed by atoms with Crippen LogP contribution in [0.3, 0.4) is 0 Å². The van der Waals surface area contributed by atoms with E-state index in [9.17, 15) is 13.6 Å². The van der Waals surface area contributed by atoms with E-state index in [1.54, 1.807) is 12.1 Å². The standard InChI is InChI=1S/C16H12F2N2O3/c17-16(18,15(21)22)8-14(20-23)9-5-6-11-10-3-1-2-4-12(10)19-13(11)7-9/h1-7,19,23H,8H2,(H,21,22)/b20-14-. The second kappa shape index (κ2) is 5.35. The molecule has 2 aromatic carbocycles. The van der Waals surface area contributed by atoms with Crippen LogP contribution < -0.4 is 0 Å². The maximum atomic E-state index is 13.4. The van der Waals surface area contributed by atoms with E-state index in [0.29, 0.717) is 5.52 Å². The molecule has 7 heteroatoms. The van der Waals surface area contributed by atoms with Gasteiger partial charge in [-0.3, -0.25) is 0 Å². The molecule has 23 heavy (non-hydrogen) atoms. The van der Waals surface area contributed by atoms with Crippen LogP contribution in [0.25, 0.3) is 21.8 Å². The lowest BCUT2D eigenvalue weighted by Crippen LogP contribution is -2.31. The van der Waals surface area contributed by atoms with Gasteiger partial charge in [-0.15, -0.1) is 0 Å². The Morgan fingerprint density at radius 1 is 1.13 bits per heavy atom. The molecule has 0 atom stereocenters. The van der Waals surface area contributed by atoms with E-state index in [1.807, 2.05) is 24.3 Å². The van der Waals surface area contributed by atoms with Gasteiger partial charge in [0.2, 0.25) is 0 Å². The Kier molecular flexibility index (Phi) is 3.48. The Labute approximate surface area is 128 Å². The fourth-order valence-electron chi connectivity index (χ4n) is 2.52. The van der Waals surface area contributed by atoms with Gasteiger partial charge in [0, 0.05) is 27.4 Å². The number of carboxylic acid groups (broad SMARTS) is 1. The number of oxime groups is 1. The zero-order valence-corrected chi connectivity index (χ0v) is 11.8. The molecule has 5 nitrogen and oxygen atoms in total. The second-order valence-electron chi connectivity index (χ2n) is 5.16. The minimum atomic E-state index is -4.00. The zero-order valence-electron chi connectivity index (χ0n) is 11.8. The number of halogens is 2. The first-order chi connectivity index (χ1) is 10.9. The van der Waals surface area contributed by atoms with Crippen molar-refractivity contribution in [2.75, 3.05) is 0 Å². The lowest BCUT2D eigenvalue weighted by Gasteiger charge is -2.12. The summed E-state index contributed by atoms with van der Waals surface area (Å²) in [5.74, 6) is -6.26. The monoisotopic (exact) mass is 318 g/mol. The number of nitrogens with one attached hydrogen (secondary N) is 1. The van der Waals surface area contributed by atoms with Crippen molar-refractivity contribution in [2.24, 2.45) is 5.16 Å². The largest absolute Gasteiger partial charge is 0.477 e. The van der Waals surface area contributed by atoms with Crippen LogP contribution in [0.5, 0.6) is 0 Å². The van der Waals surface area contributed by atoms with Crippen LogP contribution >= 0.6 is 0 Å². The number of benzene rings is 2. The molecule has 0 fully saturated rings. The predicted molar refractivity (Wildman–Crippen MR) is 81.3 cm³/mol. The average Bonchev–Trinajstić information content (AvgIpc) is 2.90. The van der Waals surface area contributed by atoms with Crippen molar-refractivity contribution in [3.8, 4) is 0 Å². The van der Waals surface area contributed by atoms with Crippen molar-refractivity contribution in [1.29, 1.82) is 0 Å².